The van der Waals surface area contributed by atoms with Crippen molar-refractivity contribution >= 4 is 23.2 Å². The molecule has 0 saturated heterocycles. The molecule has 1 N–H and O–H groups in total. The Balaban J connectivity index is 1.92. The Morgan fingerprint density at radius 3 is 2.65 bits per heavy atom. The molecule has 1 aliphatic carbocycles. The number of hydrogen-bond acceptors (Lipinski definition) is 1. The third kappa shape index (κ3) is 3.14. The van der Waals surface area contributed by atoms with E-state index in [1.54, 1.807) is 24.3 Å². The van der Waals surface area contributed by atoms with E-state index in [0.717, 1.165) is 11.1 Å². The van der Waals surface area contributed by atoms with Crippen LogP contribution in [0.4, 0.5) is 4.39 Å². The molecule has 1 nitrogen and oxygen atoms in total. The van der Waals surface area contributed by atoms with Gasteiger partial charge in [0.05, 0.1) is 0 Å². The van der Waals surface area contributed by atoms with Gasteiger partial charge in [0.15, 0.2) is 0 Å². The minimum absolute atomic E-state index is 0.194. The molecule has 1 fully saturated rings. The quantitative estimate of drug-likeness (QED) is 0.833. The minimum atomic E-state index is -0.194. The van der Waals surface area contributed by atoms with Crippen LogP contribution >= 0.6 is 23.2 Å². The van der Waals surface area contributed by atoms with Gasteiger partial charge in [-0.05, 0) is 48.7 Å². The van der Waals surface area contributed by atoms with E-state index in [4.69, 9.17) is 23.2 Å². The summed E-state index contributed by atoms with van der Waals surface area (Å²) in [5.74, 6) is -0.194. The first-order valence-electron chi connectivity index (χ1n) is 6.61. The van der Waals surface area contributed by atoms with E-state index in [0.29, 0.717) is 28.2 Å². The number of benzene rings is 2. The molecule has 2 aromatic carbocycles. The molecule has 0 radical (unpaired) electrons. The average molecular weight is 310 g/mol. The van der Waals surface area contributed by atoms with Crippen LogP contribution in [0.25, 0.3) is 11.1 Å². The Morgan fingerprint density at radius 1 is 1.10 bits per heavy atom. The van der Waals surface area contributed by atoms with Crippen LogP contribution in [0.2, 0.25) is 10.0 Å². The van der Waals surface area contributed by atoms with Crippen LogP contribution in [0.5, 0.6) is 0 Å². The van der Waals surface area contributed by atoms with Crippen LogP contribution in [0.15, 0.2) is 36.4 Å². The van der Waals surface area contributed by atoms with E-state index in [1.807, 2.05) is 6.07 Å². The van der Waals surface area contributed by atoms with Gasteiger partial charge in [0.2, 0.25) is 0 Å². The molecule has 0 unspecified atom stereocenters. The number of rotatable bonds is 4. The molecule has 0 bridgehead atoms. The van der Waals surface area contributed by atoms with Crippen LogP contribution < -0.4 is 5.32 Å². The van der Waals surface area contributed by atoms with E-state index in [1.165, 1.54) is 18.9 Å². The fraction of sp³-hybridized carbons (Fsp3) is 0.250. The summed E-state index contributed by atoms with van der Waals surface area (Å²) in [6.45, 7) is 0.544. The summed E-state index contributed by atoms with van der Waals surface area (Å²) in [6.07, 6.45) is 2.36. The second-order valence-corrected chi connectivity index (χ2v) is 5.93. The lowest BCUT2D eigenvalue weighted by molar-refractivity contribution is 0.587. The molecule has 0 heterocycles. The predicted octanol–water partition coefficient (Wildman–Crippen LogP) is 5.05. The fourth-order valence-electron chi connectivity index (χ4n) is 2.14. The lowest BCUT2D eigenvalue weighted by atomic mass is 10.0. The van der Waals surface area contributed by atoms with Gasteiger partial charge >= 0.3 is 0 Å². The summed E-state index contributed by atoms with van der Waals surface area (Å²) in [4.78, 5) is 0. The Hall–Kier alpha value is -1.09. The SMILES string of the molecule is Fc1ccc(-c2cc(Cl)ccc2Cl)cc1CNC1CC1. The maximum Gasteiger partial charge on any atom is 0.127 e. The molecule has 20 heavy (non-hydrogen) atoms. The molecule has 0 atom stereocenters. The Morgan fingerprint density at radius 2 is 1.90 bits per heavy atom. The van der Waals surface area contributed by atoms with Gasteiger partial charge in [0, 0.05) is 33.8 Å². The highest BCUT2D eigenvalue weighted by molar-refractivity contribution is 6.35. The second-order valence-electron chi connectivity index (χ2n) is 5.09. The highest BCUT2D eigenvalue weighted by atomic mass is 35.5. The molecule has 3 rings (SSSR count). The van der Waals surface area contributed by atoms with Crippen LogP contribution in [-0.4, -0.2) is 6.04 Å². The second kappa shape index (κ2) is 5.72. The first-order valence-corrected chi connectivity index (χ1v) is 7.36. The zero-order chi connectivity index (χ0) is 14.1. The van der Waals surface area contributed by atoms with Gasteiger partial charge in [0.25, 0.3) is 0 Å². The van der Waals surface area contributed by atoms with Crippen molar-refractivity contribution in [2.75, 3.05) is 0 Å². The Labute approximate surface area is 127 Å². The molecule has 2 aromatic rings. The number of halogens is 3. The monoisotopic (exact) mass is 309 g/mol. The standard InChI is InChI=1S/C16H14Cl2FN/c17-12-2-5-15(18)14(8-12)10-1-6-16(19)11(7-10)9-20-13-3-4-13/h1-2,5-8,13,20H,3-4,9H2. The highest BCUT2D eigenvalue weighted by Crippen LogP contribution is 2.31. The predicted molar refractivity (Wildman–Crippen MR) is 81.7 cm³/mol. The van der Waals surface area contributed by atoms with E-state index < -0.39 is 0 Å². The largest absolute Gasteiger partial charge is 0.310 e. The van der Waals surface area contributed by atoms with Crippen LogP contribution in [0, 0.1) is 5.82 Å². The molecule has 4 heteroatoms. The van der Waals surface area contributed by atoms with Crippen molar-refractivity contribution in [3.8, 4) is 11.1 Å². The Bertz CT molecular complexity index is 638. The molecule has 0 aromatic heterocycles. The number of hydrogen-bond donors (Lipinski definition) is 1. The molecule has 0 spiro atoms. The topological polar surface area (TPSA) is 12.0 Å². The summed E-state index contributed by atoms with van der Waals surface area (Å²) < 4.78 is 13.8. The molecule has 1 saturated carbocycles. The maximum atomic E-state index is 13.8. The zero-order valence-corrected chi connectivity index (χ0v) is 12.3. The van der Waals surface area contributed by atoms with Crippen molar-refractivity contribution < 1.29 is 4.39 Å². The Kier molecular flexibility index (Phi) is 3.97. The smallest absolute Gasteiger partial charge is 0.127 e. The third-order valence-electron chi connectivity index (χ3n) is 3.44. The first kappa shape index (κ1) is 13.9. The molecule has 104 valence electrons. The first-order chi connectivity index (χ1) is 9.63. The summed E-state index contributed by atoms with van der Waals surface area (Å²) in [6, 6.07) is 10.9. The minimum Gasteiger partial charge on any atom is -0.310 e. The van der Waals surface area contributed by atoms with Crippen molar-refractivity contribution in [3.63, 3.8) is 0 Å². The van der Waals surface area contributed by atoms with Crippen molar-refractivity contribution in [2.45, 2.75) is 25.4 Å². The third-order valence-corrected chi connectivity index (χ3v) is 4.01. The molecule has 0 amide bonds. The normalized spacial score (nSPS) is 14.6. The van der Waals surface area contributed by atoms with Crippen molar-refractivity contribution in [1.82, 2.24) is 5.32 Å². The van der Waals surface area contributed by atoms with Gasteiger partial charge in [0.1, 0.15) is 5.82 Å². The van der Waals surface area contributed by atoms with Crippen molar-refractivity contribution in [3.05, 3.63) is 57.8 Å². The van der Waals surface area contributed by atoms with Gasteiger partial charge in [-0.15, -0.1) is 0 Å². The summed E-state index contributed by atoms with van der Waals surface area (Å²) >= 11 is 12.2. The molecule has 1 aliphatic rings. The maximum absolute atomic E-state index is 13.8. The van der Waals surface area contributed by atoms with E-state index >= 15 is 0 Å². The van der Waals surface area contributed by atoms with Gasteiger partial charge < -0.3 is 5.32 Å². The summed E-state index contributed by atoms with van der Waals surface area (Å²) in [5.41, 5.74) is 2.36. The van der Waals surface area contributed by atoms with Crippen molar-refractivity contribution in [1.29, 1.82) is 0 Å². The fourth-order valence-corrected chi connectivity index (χ4v) is 2.54. The van der Waals surface area contributed by atoms with Gasteiger partial charge in [-0.25, -0.2) is 4.39 Å². The van der Waals surface area contributed by atoms with Crippen LogP contribution in [0.3, 0.4) is 0 Å². The summed E-state index contributed by atoms with van der Waals surface area (Å²) in [7, 11) is 0. The molecular weight excluding hydrogens is 296 g/mol. The van der Waals surface area contributed by atoms with Gasteiger partial charge in [-0.2, -0.15) is 0 Å². The molecular formula is C16H14Cl2FN. The van der Waals surface area contributed by atoms with Crippen LogP contribution in [-0.2, 0) is 6.54 Å². The van der Waals surface area contributed by atoms with E-state index in [9.17, 15) is 4.39 Å². The lowest BCUT2D eigenvalue weighted by Gasteiger charge is -2.10. The van der Waals surface area contributed by atoms with Crippen LogP contribution in [0.1, 0.15) is 18.4 Å². The average Bonchev–Trinajstić information content (AvgIpc) is 3.25. The van der Waals surface area contributed by atoms with E-state index in [2.05, 4.69) is 5.32 Å². The summed E-state index contributed by atoms with van der Waals surface area (Å²) in [5, 5.41) is 4.55. The number of nitrogens with one attached hydrogen (secondary N) is 1. The van der Waals surface area contributed by atoms with Crippen molar-refractivity contribution in [2.24, 2.45) is 0 Å². The highest BCUT2D eigenvalue weighted by Gasteiger charge is 2.20. The molecule has 0 aliphatic heterocycles. The lowest BCUT2D eigenvalue weighted by Crippen LogP contribution is -2.16. The van der Waals surface area contributed by atoms with Gasteiger partial charge in [-0.3, -0.25) is 0 Å². The van der Waals surface area contributed by atoms with E-state index in [-0.39, 0.29) is 5.82 Å². The van der Waals surface area contributed by atoms with Gasteiger partial charge in [-0.1, -0.05) is 29.3 Å². The zero-order valence-electron chi connectivity index (χ0n) is 10.8.